The van der Waals surface area contributed by atoms with Gasteiger partial charge in [-0.2, -0.15) is 0 Å². The topological polar surface area (TPSA) is 15.3 Å². The second-order valence-electron chi connectivity index (χ2n) is 5.35. The third-order valence-corrected chi connectivity index (χ3v) is 4.16. The van der Waals surface area contributed by atoms with E-state index in [-0.39, 0.29) is 0 Å². The number of halogens is 1. The van der Waals surface area contributed by atoms with Crippen LogP contribution < -0.4 is 5.32 Å². The molecule has 1 aromatic carbocycles. The van der Waals surface area contributed by atoms with Gasteiger partial charge in [-0.1, -0.05) is 37.1 Å². The maximum Gasteiger partial charge on any atom is 0.0406 e. The fourth-order valence-corrected chi connectivity index (χ4v) is 2.95. The van der Waals surface area contributed by atoms with Crippen molar-refractivity contribution in [2.75, 3.05) is 26.2 Å². The number of likely N-dealkylation sites (tertiary alicyclic amines) is 1. The van der Waals surface area contributed by atoms with Crippen LogP contribution in [0.4, 0.5) is 0 Å². The molecule has 1 atom stereocenters. The third-order valence-electron chi connectivity index (χ3n) is 3.91. The molecule has 2 rings (SSSR count). The first-order valence-electron chi connectivity index (χ1n) is 7.51. The smallest absolute Gasteiger partial charge is 0.0406 e. The molecule has 0 saturated carbocycles. The summed E-state index contributed by atoms with van der Waals surface area (Å²) in [6.45, 7) is 6.93. The molecule has 1 heterocycles. The van der Waals surface area contributed by atoms with Gasteiger partial charge in [-0.3, -0.25) is 0 Å². The number of piperidine rings is 1. The van der Waals surface area contributed by atoms with Crippen molar-refractivity contribution in [2.45, 2.75) is 38.6 Å². The van der Waals surface area contributed by atoms with Gasteiger partial charge in [0, 0.05) is 11.1 Å². The predicted molar refractivity (Wildman–Crippen MR) is 82.8 cm³/mol. The monoisotopic (exact) mass is 280 g/mol. The molecule has 106 valence electrons. The maximum absolute atomic E-state index is 5.96. The standard InChI is InChI=1S/C16H25ClN2/c1-2-18-16(14-6-8-15(17)9-7-14)10-13-19-11-4-3-5-12-19/h6-9,16,18H,2-5,10-13H2,1H3. The molecule has 3 heteroatoms. The fraction of sp³-hybridized carbons (Fsp3) is 0.625. The highest BCUT2D eigenvalue weighted by molar-refractivity contribution is 6.30. The lowest BCUT2D eigenvalue weighted by atomic mass is 10.0. The van der Waals surface area contributed by atoms with Gasteiger partial charge in [0.1, 0.15) is 0 Å². The summed E-state index contributed by atoms with van der Waals surface area (Å²) in [5, 5.41) is 4.40. The van der Waals surface area contributed by atoms with Crippen LogP contribution in [0.3, 0.4) is 0 Å². The number of nitrogens with zero attached hydrogens (tertiary/aromatic N) is 1. The molecular weight excluding hydrogens is 256 g/mol. The lowest BCUT2D eigenvalue weighted by Crippen LogP contribution is -2.33. The van der Waals surface area contributed by atoms with Crippen molar-refractivity contribution in [3.8, 4) is 0 Å². The molecule has 1 aromatic rings. The Morgan fingerprint density at radius 1 is 1.16 bits per heavy atom. The minimum Gasteiger partial charge on any atom is -0.310 e. The summed E-state index contributed by atoms with van der Waals surface area (Å²) in [5.41, 5.74) is 1.35. The second-order valence-corrected chi connectivity index (χ2v) is 5.79. The first-order chi connectivity index (χ1) is 9.29. The van der Waals surface area contributed by atoms with Crippen LogP contribution in [-0.2, 0) is 0 Å². The van der Waals surface area contributed by atoms with E-state index >= 15 is 0 Å². The molecule has 0 amide bonds. The summed E-state index contributed by atoms with van der Waals surface area (Å²) in [7, 11) is 0. The summed E-state index contributed by atoms with van der Waals surface area (Å²) < 4.78 is 0. The zero-order valence-corrected chi connectivity index (χ0v) is 12.6. The molecule has 0 aliphatic carbocycles. The summed E-state index contributed by atoms with van der Waals surface area (Å²) >= 11 is 5.96. The number of rotatable bonds is 6. The predicted octanol–water partition coefficient (Wildman–Crippen LogP) is 3.87. The van der Waals surface area contributed by atoms with Crippen molar-refractivity contribution in [2.24, 2.45) is 0 Å². The Morgan fingerprint density at radius 3 is 2.47 bits per heavy atom. The van der Waals surface area contributed by atoms with E-state index in [0.717, 1.165) is 11.6 Å². The Balaban J connectivity index is 1.89. The van der Waals surface area contributed by atoms with E-state index in [1.54, 1.807) is 0 Å². The Kier molecular flexibility index (Phi) is 6.15. The Bertz CT molecular complexity index is 358. The van der Waals surface area contributed by atoms with Crippen molar-refractivity contribution in [1.29, 1.82) is 0 Å². The van der Waals surface area contributed by atoms with Crippen LogP contribution in [0.15, 0.2) is 24.3 Å². The van der Waals surface area contributed by atoms with Crippen molar-refractivity contribution in [1.82, 2.24) is 10.2 Å². The van der Waals surface area contributed by atoms with Gasteiger partial charge in [-0.05, 0) is 63.1 Å². The number of hydrogen-bond donors (Lipinski definition) is 1. The average Bonchev–Trinajstić information content (AvgIpc) is 2.46. The normalized spacial score (nSPS) is 18.4. The van der Waals surface area contributed by atoms with Gasteiger partial charge >= 0.3 is 0 Å². The van der Waals surface area contributed by atoms with Gasteiger partial charge in [0.2, 0.25) is 0 Å². The van der Waals surface area contributed by atoms with Crippen molar-refractivity contribution < 1.29 is 0 Å². The van der Waals surface area contributed by atoms with Crippen LogP contribution >= 0.6 is 11.6 Å². The van der Waals surface area contributed by atoms with E-state index in [1.807, 2.05) is 12.1 Å². The van der Waals surface area contributed by atoms with E-state index in [1.165, 1.54) is 50.9 Å². The van der Waals surface area contributed by atoms with E-state index in [0.29, 0.717) is 6.04 Å². The van der Waals surface area contributed by atoms with E-state index in [4.69, 9.17) is 11.6 Å². The van der Waals surface area contributed by atoms with Gasteiger partial charge in [-0.15, -0.1) is 0 Å². The highest BCUT2D eigenvalue weighted by Gasteiger charge is 2.14. The Hall–Kier alpha value is -0.570. The lowest BCUT2D eigenvalue weighted by molar-refractivity contribution is 0.217. The van der Waals surface area contributed by atoms with Gasteiger partial charge < -0.3 is 10.2 Å². The van der Waals surface area contributed by atoms with Crippen molar-refractivity contribution in [3.05, 3.63) is 34.9 Å². The highest BCUT2D eigenvalue weighted by atomic mass is 35.5. The molecule has 1 saturated heterocycles. The molecule has 1 N–H and O–H groups in total. The first kappa shape index (κ1) is 14.8. The molecule has 0 spiro atoms. The molecule has 1 aliphatic heterocycles. The summed E-state index contributed by atoms with van der Waals surface area (Å²) in [6, 6.07) is 8.71. The minimum absolute atomic E-state index is 0.448. The number of nitrogens with one attached hydrogen (secondary N) is 1. The zero-order chi connectivity index (χ0) is 13.5. The Labute approximate surface area is 122 Å². The largest absolute Gasteiger partial charge is 0.310 e. The van der Waals surface area contributed by atoms with E-state index < -0.39 is 0 Å². The van der Waals surface area contributed by atoms with Crippen molar-refractivity contribution >= 4 is 11.6 Å². The fourth-order valence-electron chi connectivity index (χ4n) is 2.82. The zero-order valence-electron chi connectivity index (χ0n) is 11.9. The number of hydrogen-bond acceptors (Lipinski definition) is 2. The average molecular weight is 281 g/mol. The van der Waals surface area contributed by atoms with Gasteiger partial charge in [0.25, 0.3) is 0 Å². The van der Waals surface area contributed by atoms with Gasteiger partial charge in [-0.25, -0.2) is 0 Å². The maximum atomic E-state index is 5.96. The first-order valence-corrected chi connectivity index (χ1v) is 7.88. The van der Waals surface area contributed by atoms with Crippen LogP contribution in [0, 0.1) is 0 Å². The van der Waals surface area contributed by atoms with Crippen LogP contribution in [0.5, 0.6) is 0 Å². The summed E-state index contributed by atoms with van der Waals surface area (Å²) in [5.74, 6) is 0. The van der Waals surface area contributed by atoms with E-state index in [2.05, 4.69) is 29.3 Å². The molecule has 19 heavy (non-hydrogen) atoms. The minimum atomic E-state index is 0.448. The van der Waals surface area contributed by atoms with Gasteiger partial charge in [0.15, 0.2) is 0 Å². The lowest BCUT2D eigenvalue weighted by Gasteiger charge is -2.28. The van der Waals surface area contributed by atoms with Crippen LogP contribution in [0.2, 0.25) is 5.02 Å². The quantitative estimate of drug-likeness (QED) is 0.851. The van der Waals surface area contributed by atoms with Crippen LogP contribution in [-0.4, -0.2) is 31.1 Å². The van der Waals surface area contributed by atoms with Crippen molar-refractivity contribution in [3.63, 3.8) is 0 Å². The molecule has 2 nitrogen and oxygen atoms in total. The third kappa shape index (κ3) is 4.79. The number of benzene rings is 1. The second kappa shape index (κ2) is 7.88. The molecule has 0 bridgehead atoms. The molecule has 0 radical (unpaired) electrons. The van der Waals surface area contributed by atoms with Gasteiger partial charge in [0.05, 0.1) is 0 Å². The highest BCUT2D eigenvalue weighted by Crippen LogP contribution is 2.20. The van der Waals surface area contributed by atoms with E-state index in [9.17, 15) is 0 Å². The molecule has 1 unspecified atom stereocenters. The SMILES string of the molecule is CCNC(CCN1CCCCC1)c1ccc(Cl)cc1. The summed E-state index contributed by atoms with van der Waals surface area (Å²) in [6.07, 6.45) is 5.32. The molecule has 1 fully saturated rings. The summed E-state index contributed by atoms with van der Waals surface area (Å²) in [4.78, 5) is 2.60. The Morgan fingerprint density at radius 2 is 1.84 bits per heavy atom. The molecule has 1 aliphatic rings. The van der Waals surface area contributed by atoms with Crippen LogP contribution in [0.1, 0.15) is 44.2 Å². The molecular formula is C16H25ClN2. The van der Waals surface area contributed by atoms with Crippen LogP contribution in [0.25, 0.3) is 0 Å². The molecule has 0 aromatic heterocycles.